The maximum absolute atomic E-state index is 5.79. The van der Waals surface area contributed by atoms with Crippen molar-refractivity contribution in [2.45, 2.75) is 32.3 Å². The highest BCUT2D eigenvalue weighted by molar-refractivity contribution is 9.10. The van der Waals surface area contributed by atoms with E-state index in [2.05, 4.69) is 38.2 Å². The Kier molecular flexibility index (Phi) is 7.11. The Hall–Kier alpha value is -1.54. The summed E-state index contributed by atoms with van der Waals surface area (Å²) in [4.78, 5) is 0. The maximum Gasteiger partial charge on any atom is 0.211 e. The van der Waals surface area contributed by atoms with Crippen molar-refractivity contribution >= 4 is 33.9 Å². The number of rotatable bonds is 8. The van der Waals surface area contributed by atoms with E-state index in [1.165, 1.54) is 11.8 Å². The van der Waals surface area contributed by atoms with E-state index >= 15 is 0 Å². The van der Waals surface area contributed by atoms with Crippen molar-refractivity contribution in [3.63, 3.8) is 0 Å². The second kappa shape index (κ2) is 9.08. The normalized spacial score (nSPS) is 11.2. The van der Waals surface area contributed by atoms with Gasteiger partial charge in [0.05, 0.1) is 23.9 Å². The summed E-state index contributed by atoms with van der Waals surface area (Å²) in [7, 11) is 0. The van der Waals surface area contributed by atoms with Crippen molar-refractivity contribution in [1.82, 2.24) is 14.9 Å². The molecule has 0 saturated heterocycles. The molecule has 1 heterocycles. The molecule has 0 unspecified atom stereocenters. The molecule has 0 amide bonds. The first-order chi connectivity index (χ1) is 11.6. The van der Waals surface area contributed by atoms with Crippen molar-refractivity contribution < 1.29 is 9.47 Å². The SMILES string of the molecule is CCCOc1c(Br)cc(/C=N\n2c(C)nnc2SC)cc1OCC. The average molecular weight is 413 g/mol. The van der Waals surface area contributed by atoms with Gasteiger partial charge in [0.2, 0.25) is 5.16 Å². The summed E-state index contributed by atoms with van der Waals surface area (Å²) in [5.74, 6) is 2.16. The molecule has 2 rings (SSSR count). The molecule has 0 spiro atoms. The van der Waals surface area contributed by atoms with Gasteiger partial charge >= 0.3 is 0 Å². The molecule has 0 fully saturated rings. The fourth-order valence-electron chi connectivity index (χ4n) is 1.99. The van der Waals surface area contributed by atoms with Gasteiger partial charge in [-0.05, 0) is 60.2 Å². The molecule has 0 atom stereocenters. The highest BCUT2D eigenvalue weighted by Gasteiger charge is 2.12. The minimum atomic E-state index is 0.566. The Bertz CT molecular complexity index is 718. The van der Waals surface area contributed by atoms with Crippen LogP contribution in [0.15, 0.2) is 26.9 Å². The Balaban J connectivity index is 2.33. The average Bonchev–Trinajstić information content (AvgIpc) is 2.92. The molecule has 8 heteroatoms. The number of ether oxygens (including phenoxy) is 2. The molecule has 0 radical (unpaired) electrons. The van der Waals surface area contributed by atoms with Crippen molar-refractivity contribution in [2.24, 2.45) is 5.10 Å². The molecule has 0 bridgehead atoms. The van der Waals surface area contributed by atoms with Crippen LogP contribution in [0.1, 0.15) is 31.7 Å². The second-order valence-corrected chi connectivity index (χ2v) is 6.53. The topological polar surface area (TPSA) is 61.5 Å². The fraction of sp³-hybridized carbons (Fsp3) is 0.438. The van der Waals surface area contributed by atoms with Gasteiger partial charge in [-0.15, -0.1) is 10.2 Å². The van der Waals surface area contributed by atoms with Crippen LogP contribution in [0.2, 0.25) is 0 Å². The highest BCUT2D eigenvalue weighted by atomic mass is 79.9. The van der Waals surface area contributed by atoms with Gasteiger partial charge in [0.15, 0.2) is 17.3 Å². The third kappa shape index (κ3) is 4.51. The Morgan fingerprint density at radius 2 is 2.08 bits per heavy atom. The molecular formula is C16H21BrN4O2S. The lowest BCUT2D eigenvalue weighted by Crippen LogP contribution is -2.02. The van der Waals surface area contributed by atoms with Crippen LogP contribution in [0.3, 0.4) is 0 Å². The van der Waals surface area contributed by atoms with Gasteiger partial charge in [0, 0.05) is 0 Å². The van der Waals surface area contributed by atoms with Crippen LogP contribution in [0, 0.1) is 6.92 Å². The number of nitrogens with zero attached hydrogens (tertiary/aromatic N) is 4. The van der Waals surface area contributed by atoms with E-state index in [1.807, 2.05) is 32.2 Å². The number of aryl methyl sites for hydroxylation is 1. The predicted molar refractivity (Wildman–Crippen MR) is 101 cm³/mol. The van der Waals surface area contributed by atoms with Gasteiger partial charge in [-0.3, -0.25) is 0 Å². The molecule has 2 aromatic rings. The Labute approximate surface area is 154 Å². The molecule has 1 aromatic carbocycles. The second-order valence-electron chi connectivity index (χ2n) is 4.90. The van der Waals surface area contributed by atoms with Gasteiger partial charge in [0.25, 0.3) is 0 Å². The molecule has 0 aliphatic carbocycles. The zero-order valence-corrected chi connectivity index (χ0v) is 16.6. The van der Waals surface area contributed by atoms with Crippen LogP contribution in [0.4, 0.5) is 0 Å². The summed E-state index contributed by atoms with van der Waals surface area (Å²) >= 11 is 5.06. The number of hydrogen-bond acceptors (Lipinski definition) is 6. The van der Waals surface area contributed by atoms with E-state index in [4.69, 9.17) is 9.47 Å². The van der Waals surface area contributed by atoms with Gasteiger partial charge in [-0.2, -0.15) is 9.78 Å². The van der Waals surface area contributed by atoms with E-state index in [0.717, 1.165) is 33.2 Å². The molecule has 6 nitrogen and oxygen atoms in total. The summed E-state index contributed by atoms with van der Waals surface area (Å²) < 4.78 is 14.0. The van der Waals surface area contributed by atoms with Crippen LogP contribution in [0.25, 0.3) is 0 Å². The minimum absolute atomic E-state index is 0.566. The van der Waals surface area contributed by atoms with E-state index in [0.29, 0.717) is 19.0 Å². The quantitative estimate of drug-likeness (QED) is 0.481. The Morgan fingerprint density at radius 1 is 1.29 bits per heavy atom. The van der Waals surface area contributed by atoms with Gasteiger partial charge < -0.3 is 9.47 Å². The third-order valence-electron chi connectivity index (χ3n) is 3.06. The lowest BCUT2D eigenvalue weighted by Gasteiger charge is -2.14. The molecule has 24 heavy (non-hydrogen) atoms. The van der Waals surface area contributed by atoms with Crippen LogP contribution in [-0.2, 0) is 0 Å². The van der Waals surface area contributed by atoms with E-state index in [-0.39, 0.29) is 0 Å². The highest BCUT2D eigenvalue weighted by Crippen LogP contribution is 2.36. The zero-order valence-electron chi connectivity index (χ0n) is 14.2. The third-order valence-corrected chi connectivity index (χ3v) is 4.26. The van der Waals surface area contributed by atoms with Crippen LogP contribution >= 0.6 is 27.7 Å². The number of benzene rings is 1. The number of aromatic nitrogens is 3. The zero-order chi connectivity index (χ0) is 17.5. The van der Waals surface area contributed by atoms with E-state index in [1.54, 1.807) is 10.9 Å². The monoisotopic (exact) mass is 412 g/mol. The molecule has 130 valence electrons. The first-order valence-corrected chi connectivity index (χ1v) is 9.71. The number of halogens is 1. The first-order valence-electron chi connectivity index (χ1n) is 7.70. The standard InChI is InChI=1S/C16H21BrN4O2S/c1-5-7-23-15-13(17)8-12(9-14(15)22-6-2)10-18-21-11(3)19-20-16(21)24-4/h8-10H,5-7H2,1-4H3/b18-10-. The lowest BCUT2D eigenvalue weighted by molar-refractivity contribution is 0.275. The van der Waals surface area contributed by atoms with E-state index in [9.17, 15) is 0 Å². The molecule has 0 aliphatic heterocycles. The van der Waals surface area contributed by atoms with Gasteiger partial charge in [0.1, 0.15) is 0 Å². The fourth-order valence-corrected chi connectivity index (χ4v) is 3.04. The molecule has 0 N–H and O–H groups in total. The summed E-state index contributed by atoms with van der Waals surface area (Å²) in [5, 5.41) is 13.3. The minimum Gasteiger partial charge on any atom is -0.490 e. The van der Waals surface area contributed by atoms with Crippen LogP contribution in [-0.4, -0.2) is 40.6 Å². The number of hydrogen-bond donors (Lipinski definition) is 0. The van der Waals surface area contributed by atoms with E-state index < -0.39 is 0 Å². The molecule has 0 saturated carbocycles. The van der Waals surface area contributed by atoms with Crippen molar-refractivity contribution in [3.05, 3.63) is 28.0 Å². The number of thioether (sulfide) groups is 1. The smallest absolute Gasteiger partial charge is 0.211 e. The van der Waals surface area contributed by atoms with Crippen molar-refractivity contribution in [1.29, 1.82) is 0 Å². The molecular weight excluding hydrogens is 392 g/mol. The maximum atomic E-state index is 5.79. The largest absolute Gasteiger partial charge is 0.490 e. The van der Waals surface area contributed by atoms with Gasteiger partial charge in [-0.25, -0.2) is 0 Å². The van der Waals surface area contributed by atoms with Crippen molar-refractivity contribution in [2.75, 3.05) is 19.5 Å². The summed E-state index contributed by atoms with van der Waals surface area (Å²) in [5.41, 5.74) is 0.898. The van der Waals surface area contributed by atoms with Crippen LogP contribution < -0.4 is 9.47 Å². The first kappa shape index (κ1) is 18.8. The summed E-state index contributed by atoms with van der Waals surface area (Å²) in [6.45, 7) is 7.09. The molecule has 0 aliphatic rings. The van der Waals surface area contributed by atoms with Crippen LogP contribution in [0.5, 0.6) is 11.5 Å². The summed E-state index contributed by atoms with van der Waals surface area (Å²) in [6, 6.07) is 3.87. The molecule has 1 aromatic heterocycles. The predicted octanol–water partition coefficient (Wildman–Crippen LogP) is 4.14. The summed E-state index contributed by atoms with van der Waals surface area (Å²) in [6.07, 6.45) is 4.64. The van der Waals surface area contributed by atoms with Crippen molar-refractivity contribution in [3.8, 4) is 11.5 Å². The Morgan fingerprint density at radius 3 is 2.75 bits per heavy atom. The van der Waals surface area contributed by atoms with Gasteiger partial charge in [-0.1, -0.05) is 18.7 Å². The lowest BCUT2D eigenvalue weighted by atomic mass is 10.2.